The second-order valence-corrected chi connectivity index (χ2v) is 12.9. The summed E-state index contributed by atoms with van der Waals surface area (Å²) in [5.41, 5.74) is -5.34. The molecule has 0 N–H and O–H groups in total. The Hall–Kier alpha value is -2.65. The first-order valence-corrected chi connectivity index (χ1v) is 13.9. The number of hydrogen-bond donors (Lipinski definition) is 0. The van der Waals surface area contributed by atoms with Crippen LogP contribution >= 0.6 is 22.7 Å². The molecule has 1 aromatic carbocycles. The van der Waals surface area contributed by atoms with Crippen LogP contribution in [0.2, 0.25) is 0 Å². The van der Waals surface area contributed by atoms with Crippen LogP contribution < -0.4 is 9.08 Å². The van der Waals surface area contributed by atoms with Gasteiger partial charge in [0.05, 0.1) is 17.6 Å². The molecule has 194 valence electrons. The molecule has 0 aliphatic carbocycles. The molecule has 0 saturated carbocycles. The van der Waals surface area contributed by atoms with Crippen molar-refractivity contribution in [3.05, 3.63) is 23.7 Å². The van der Waals surface area contributed by atoms with E-state index in [9.17, 15) is 26.4 Å². The maximum atomic E-state index is 13.0. The number of thiazole rings is 2. The standard InChI is InChI=1S/C21H21F3N4O5S3/c1-20(2,3)32-19(29)28-11-8-12(28)10-27(9-11)18-26-15-13(17-25-6-7-34-17)4-5-14(16(15)35-18)33-36(30,31)21(22,23)24/h4-7,11-12H,8-10H2,1-3H3. The molecule has 6 rings (SSSR count). The molecule has 5 heterocycles. The van der Waals surface area contributed by atoms with Crippen molar-refractivity contribution in [3.8, 4) is 16.3 Å². The highest BCUT2D eigenvalue weighted by Crippen LogP contribution is 2.44. The second kappa shape index (κ2) is 8.45. The molecule has 3 fully saturated rings. The van der Waals surface area contributed by atoms with Crippen molar-refractivity contribution in [1.29, 1.82) is 0 Å². The molecule has 36 heavy (non-hydrogen) atoms. The Morgan fingerprint density at radius 3 is 2.44 bits per heavy atom. The Morgan fingerprint density at radius 2 is 1.86 bits per heavy atom. The minimum absolute atomic E-state index is 0.0922. The van der Waals surface area contributed by atoms with Crippen LogP contribution in [0.4, 0.5) is 23.1 Å². The van der Waals surface area contributed by atoms with Gasteiger partial charge in [-0.05, 0) is 39.3 Å². The number of piperazine rings is 1. The molecule has 3 aliphatic heterocycles. The van der Waals surface area contributed by atoms with Gasteiger partial charge in [-0.1, -0.05) is 11.3 Å². The monoisotopic (exact) mass is 562 g/mol. The smallest absolute Gasteiger partial charge is 0.444 e. The fourth-order valence-corrected chi connectivity index (χ4v) is 6.49. The number of ether oxygens (including phenoxy) is 1. The first-order chi connectivity index (χ1) is 16.7. The number of amides is 1. The van der Waals surface area contributed by atoms with Crippen molar-refractivity contribution in [2.75, 3.05) is 18.0 Å². The number of rotatable bonds is 4. The van der Waals surface area contributed by atoms with Gasteiger partial charge < -0.3 is 13.8 Å². The number of fused-ring (bicyclic) bond motifs is 3. The van der Waals surface area contributed by atoms with Gasteiger partial charge in [0.2, 0.25) is 0 Å². The lowest BCUT2D eigenvalue weighted by molar-refractivity contribution is -0.0499. The first-order valence-electron chi connectivity index (χ1n) is 10.8. The highest BCUT2D eigenvalue weighted by atomic mass is 32.2. The molecule has 1 amide bonds. The van der Waals surface area contributed by atoms with E-state index in [1.807, 2.05) is 4.90 Å². The van der Waals surface area contributed by atoms with Crippen molar-refractivity contribution < 1.29 is 35.3 Å². The average Bonchev–Trinajstić information content (AvgIpc) is 3.42. The van der Waals surface area contributed by atoms with Crippen molar-refractivity contribution in [2.24, 2.45) is 0 Å². The number of benzene rings is 1. The third kappa shape index (κ3) is 4.47. The predicted octanol–water partition coefficient (Wildman–Crippen LogP) is 4.85. The third-order valence-electron chi connectivity index (χ3n) is 5.71. The Morgan fingerprint density at radius 1 is 1.17 bits per heavy atom. The maximum Gasteiger partial charge on any atom is 0.534 e. The van der Waals surface area contributed by atoms with E-state index < -0.39 is 27.0 Å². The van der Waals surface area contributed by atoms with E-state index in [4.69, 9.17) is 4.74 Å². The topological polar surface area (TPSA) is 102 Å². The molecule has 2 unspecified atom stereocenters. The Kier molecular flexibility index (Phi) is 5.87. The number of carbonyl (C=O) groups is 1. The zero-order chi connectivity index (χ0) is 26.0. The van der Waals surface area contributed by atoms with Gasteiger partial charge in [0.15, 0.2) is 10.9 Å². The van der Waals surface area contributed by atoms with Gasteiger partial charge in [-0.15, -0.1) is 11.3 Å². The van der Waals surface area contributed by atoms with E-state index in [1.165, 1.54) is 23.5 Å². The molecule has 2 bridgehead atoms. The summed E-state index contributed by atoms with van der Waals surface area (Å²) >= 11 is 2.35. The largest absolute Gasteiger partial charge is 0.534 e. The fourth-order valence-electron chi connectivity index (χ4n) is 4.25. The van der Waals surface area contributed by atoms with E-state index in [-0.39, 0.29) is 22.9 Å². The molecular formula is C21H21F3N4O5S3. The van der Waals surface area contributed by atoms with Crippen molar-refractivity contribution in [3.63, 3.8) is 0 Å². The summed E-state index contributed by atoms with van der Waals surface area (Å²) in [6.45, 7) is 6.31. The lowest BCUT2D eigenvalue weighted by atomic mass is 9.88. The molecule has 15 heteroatoms. The van der Waals surface area contributed by atoms with E-state index in [2.05, 4.69) is 14.2 Å². The summed E-state index contributed by atoms with van der Waals surface area (Å²) in [6, 6.07) is 2.45. The summed E-state index contributed by atoms with van der Waals surface area (Å²) in [6.07, 6.45) is 2.01. The number of hydrogen-bond acceptors (Lipinski definition) is 10. The van der Waals surface area contributed by atoms with Crippen LogP contribution in [0.15, 0.2) is 23.7 Å². The van der Waals surface area contributed by atoms with Crippen LogP contribution in [-0.2, 0) is 14.9 Å². The Bertz CT molecular complexity index is 1400. The van der Waals surface area contributed by atoms with E-state index in [0.717, 1.165) is 17.8 Å². The highest BCUT2D eigenvalue weighted by Gasteiger charge is 2.50. The Balaban J connectivity index is 1.47. The summed E-state index contributed by atoms with van der Waals surface area (Å²) in [5.74, 6) is -0.455. The van der Waals surface area contributed by atoms with Crippen LogP contribution in [0.5, 0.6) is 5.75 Å². The van der Waals surface area contributed by atoms with Gasteiger partial charge in [0.25, 0.3) is 0 Å². The van der Waals surface area contributed by atoms with Gasteiger partial charge in [0, 0.05) is 30.2 Å². The summed E-state index contributed by atoms with van der Waals surface area (Å²) in [4.78, 5) is 25.1. The predicted molar refractivity (Wildman–Crippen MR) is 129 cm³/mol. The van der Waals surface area contributed by atoms with E-state index in [0.29, 0.717) is 34.3 Å². The van der Waals surface area contributed by atoms with E-state index >= 15 is 0 Å². The molecular weight excluding hydrogens is 541 g/mol. The highest BCUT2D eigenvalue weighted by molar-refractivity contribution is 7.88. The normalized spacial score (nSPS) is 20.4. The third-order valence-corrected chi connectivity index (χ3v) is 8.61. The average molecular weight is 563 g/mol. The second-order valence-electron chi connectivity index (χ2n) is 9.44. The minimum atomic E-state index is -5.86. The quantitative estimate of drug-likeness (QED) is 0.329. The van der Waals surface area contributed by atoms with Crippen molar-refractivity contribution >= 4 is 54.2 Å². The van der Waals surface area contributed by atoms with Crippen LogP contribution in [0.25, 0.3) is 20.8 Å². The van der Waals surface area contributed by atoms with Gasteiger partial charge in [-0.3, -0.25) is 4.90 Å². The lowest BCUT2D eigenvalue weighted by Crippen LogP contribution is -2.70. The zero-order valence-electron chi connectivity index (χ0n) is 19.3. The molecule has 3 aliphatic rings. The SMILES string of the molecule is CC(C)(C)OC(=O)N1C2CC1CN(c1nc3c(-c4nccs4)ccc(OS(=O)(=O)C(F)(F)F)c3s1)C2. The number of piperidine rings is 1. The molecule has 3 saturated heterocycles. The lowest BCUT2D eigenvalue weighted by Gasteiger charge is -2.55. The van der Waals surface area contributed by atoms with Crippen LogP contribution in [-0.4, -0.2) is 65.7 Å². The molecule has 9 nitrogen and oxygen atoms in total. The van der Waals surface area contributed by atoms with Crippen molar-refractivity contribution in [2.45, 2.75) is 50.4 Å². The number of anilines is 1. The molecule has 3 aromatic rings. The van der Waals surface area contributed by atoms with Gasteiger partial charge in [-0.2, -0.15) is 21.6 Å². The molecule has 0 radical (unpaired) electrons. The van der Waals surface area contributed by atoms with Gasteiger partial charge in [-0.25, -0.2) is 14.8 Å². The van der Waals surface area contributed by atoms with Crippen LogP contribution in [0.3, 0.4) is 0 Å². The van der Waals surface area contributed by atoms with Crippen LogP contribution in [0, 0.1) is 0 Å². The van der Waals surface area contributed by atoms with Gasteiger partial charge >= 0.3 is 21.7 Å². The number of alkyl halides is 3. The van der Waals surface area contributed by atoms with Crippen molar-refractivity contribution in [1.82, 2.24) is 14.9 Å². The first kappa shape index (κ1) is 25.0. The Labute approximate surface area is 212 Å². The number of nitrogens with zero attached hydrogens (tertiary/aromatic N) is 4. The molecule has 2 atom stereocenters. The summed E-state index contributed by atoms with van der Waals surface area (Å²) in [7, 11) is -5.86. The minimum Gasteiger partial charge on any atom is -0.444 e. The van der Waals surface area contributed by atoms with Crippen LogP contribution in [0.1, 0.15) is 27.2 Å². The van der Waals surface area contributed by atoms with E-state index in [1.54, 1.807) is 37.2 Å². The molecule has 2 aromatic heterocycles. The molecule has 0 spiro atoms. The summed E-state index contributed by atoms with van der Waals surface area (Å²) in [5, 5.41) is 2.82. The zero-order valence-corrected chi connectivity index (χ0v) is 21.7. The number of carbonyl (C=O) groups excluding carboxylic acids is 1. The maximum absolute atomic E-state index is 13.0. The number of aromatic nitrogens is 2. The fraction of sp³-hybridized carbons (Fsp3) is 0.476. The van der Waals surface area contributed by atoms with Gasteiger partial charge in [0.1, 0.15) is 15.3 Å². The number of halogens is 3. The summed E-state index contributed by atoms with van der Waals surface area (Å²) < 4.78 is 72.5.